The Morgan fingerprint density at radius 2 is 1.95 bits per heavy atom. The Hall–Kier alpha value is -2.11. The van der Waals surface area contributed by atoms with Gasteiger partial charge in [0.05, 0.1) is 11.8 Å². The molecule has 0 saturated carbocycles. The van der Waals surface area contributed by atoms with Gasteiger partial charge in [0.1, 0.15) is 5.82 Å². The molecule has 6 heteroatoms. The van der Waals surface area contributed by atoms with Crippen LogP contribution in [0.3, 0.4) is 0 Å². The highest BCUT2D eigenvalue weighted by atomic mass is 35.5. The van der Waals surface area contributed by atoms with Crippen LogP contribution in [0.4, 0.5) is 14.9 Å². The quantitative estimate of drug-likeness (QED) is 0.804. The van der Waals surface area contributed by atoms with Crippen LogP contribution in [0.15, 0.2) is 42.5 Å². The lowest BCUT2D eigenvalue weighted by Gasteiger charge is -2.13. The van der Waals surface area contributed by atoms with E-state index in [1.54, 1.807) is 37.3 Å². The molecular weight excluding hydrogens is 307 g/mol. The van der Waals surface area contributed by atoms with Crippen molar-refractivity contribution in [3.63, 3.8) is 0 Å². The molecule has 0 heterocycles. The second-order valence-electron chi connectivity index (χ2n) is 4.89. The number of urea groups is 1. The Bertz CT molecular complexity index is 662. The normalized spacial score (nSPS) is 11.8. The first-order valence-corrected chi connectivity index (χ1v) is 7.08. The molecule has 0 spiro atoms. The molecule has 2 aromatic rings. The lowest BCUT2D eigenvalue weighted by Crippen LogP contribution is -2.32. The highest BCUT2D eigenvalue weighted by Crippen LogP contribution is 2.17. The van der Waals surface area contributed by atoms with Gasteiger partial charge < -0.3 is 15.7 Å². The molecule has 4 nitrogen and oxygen atoms in total. The van der Waals surface area contributed by atoms with E-state index in [2.05, 4.69) is 10.6 Å². The fraction of sp³-hybridized carbons (Fsp3) is 0.188. The van der Waals surface area contributed by atoms with Gasteiger partial charge in [-0.15, -0.1) is 0 Å². The molecule has 0 fully saturated rings. The van der Waals surface area contributed by atoms with Crippen molar-refractivity contribution in [2.45, 2.75) is 13.0 Å². The van der Waals surface area contributed by atoms with Gasteiger partial charge in [-0.1, -0.05) is 29.8 Å². The van der Waals surface area contributed by atoms with Crippen LogP contribution < -0.4 is 10.6 Å². The van der Waals surface area contributed by atoms with Crippen LogP contribution >= 0.6 is 11.6 Å². The average Bonchev–Trinajstić information content (AvgIpc) is 2.49. The Morgan fingerprint density at radius 3 is 2.64 bits per heavy atom. The van der Waals surface area contributed by atoms with Gasteiger partial charge in [0.2, 0.25) is 0 Å². The van der Waals surface area contributed by atoms with E-state index in [0.717, 1.165) is 5.56 Å². The zero-order valence-corrected chi connectivity index (χ0v) is 12.7. The molecule has 0 radical (unpaired) electrons. The summed E-state index contributed by atoms with van der Waals surface area (Å²) in [6, 6.07) is 10.5. The largest absolute Gasteiger partial charge is 0.387 e. The second kappa shape index (κ2) is 7.24. The van der Waals surface area contributed by atoms with Crippen molar-refractivity contribution in [3.05, 3.63) is 64.4 Å². The van der Waals surface area contributed by atoms with Crippen molar-refractivity contribution in [2.24, 2.45) is 0 Å². The number of carbonyl (C=O) groups is 1. The highest BCUT2D eigenvalue weighted by molar-refractivity contribution is 6.30. The number of hydrogen-bond donors (Lipinski definition) is 3. The molecule has 0 aliphatic rings. The number of amides is 2. The van der Waals surface area contributed by atoms with Crippen LogP contribution in [0.2, 0.25) is 5.02 Å². The van der Waals surface area contributed by atoms with E-state index in [0.29, 0.717) is 10.6 Å². The van der Waals surface area contributed by atoms with Gasteiger partial charge in [-0.05, 0) is 42.3 Å². The van der Waals surface area contributed by atoms with Gasteiger partial charge in [-0.2, -0.15) is 0 Å². The molecule has 2 aromatic carbocycles. The van der Waals surface area contributed by atoms with Crippen LogP contribution in [0.25, 0.3) is 0 Å². The van der Waals surface area contributed by atoms with Crippen LogP contribution in [0.1, 0.15) is 17.2 Å². The second-order valence-corrected chi connectivity index (χ2v) is 5.32. The SMILES string of the molecule is Cc1ccc(F)c(NC(=O)NCC(O)c2ccc(Cl)cc2)c1. The first-order chi connectivity index (χ1) is 10.5. The third-order valence-corrected chi connectivity index (χ3v) is 3.33. The number of aliphatic hydroxyl groups excluding tert-OH is 1. The van der Waals surface area contributed by atoms with Crippen molar-refractivity contribution < 1.29 is 14.3 Å². The summed E-state index contributed by atoms with van der Waals surface area (Å²) in [7, 11) is 0. The zero-order valence-electron chi connectivity index (χ0n) is 11.9. The number of rotatable bonds is 4. The average molecular weight is 323 g/mol. The molecule has 116 valence electrons. The van der Waals surface area contributed by atoms with Crippen molar-refractivity contribution in [1.29, 1.82) is 0 Å². The summed E-state index contributed by atoms with van der Waals surface area (Å²) in [6.07, 6.45) is -0.870. The Morgan fingerprint density at radius 1 is 1.27 bits per heavy atom. The predicted molar refractivity (Wildman–Crippen MR) is 84.6 cm³/mol. The van der Waals surface area contributed by atoms with E-state index < -0.39 is 18.0 Å². The number of nitrogens with one attached hydrogen (secondary N) is 2. The van der Waals surface area contributed by atoms with E-state index in [1.165, 1.54) is 12.1 Å². The lowest BCUT2D eigenvalue weighted by molar-refractivity contribution is 0.175. The fourth-order valence-electron chi connectivity index (χ4n) is 1.89. The maximum absolute atomic E-state index is 13.5. The number of hydrogen-bond acceptors (Lipinski definition) is 2. The molecule has 2 amide bonds. The number of halogens is 2. The number of aryl methyl sites for hydroxylation is 1. The predicted octanol–water partition coefficient (Wildman–Crippen LogP) is 3.64. The molecule has 2 rings (SSSR count). The first kappa shape index (κ1) is 16.3. The van der Waals surface area contributed by atoms with E-state index in [-0.39, 0.29) is 12.2 Å². The summed E-state index contributed by atoms with van der Waals surface area (Å²) >= 11 is 5.76. The molecule has 3 N–H and O–H groups in total. The maximum atomic E-state index is 13.5. The zero-order chi connectivity index (χ0) is 16.1. The van der Waals surface area contributed by atoms with Gasteiger partial charge in [0, 0.05) is 11.6 Å². The van der Waals surface area contributed by atoms with E-state index in [4.69, 9.17) is 11.6 Å². The van der Waals surface area contributed by atoms with Gasteiger partial charge >= 0.3 is 6.03 Å². The van der Waals surface area contributed by atoms with Gasteiger partial charge in [0.15, 0.2) is 0 Å². The molecule has 0 bridgehead atoms. The minimum Gasteiger partial charge on any atom is -0.387 e. The van der Waals surface area contributed by atoms with E-state index >= 15 is 0 Å². The van der Waals surface area contributed by atoms with Crippen LogP contribution in [0, 0.1) is 12.7 Å². The number of carbonyl (C=O) groups excluding carboxylic acids is 1. The molecule has 1 unspecified atom stereocenters. The molecule has 0 saturated heterocycles. The van der Waals surface area contributed by atoms with Crippen molar-refractivity contribution in [3.8, 4) is 0 Å². The standard InChI is InChI=1S/C16H16ClFN2O2/c1-10-2-7-13(18)14(8-10)20-16(22)19-9-15(21)11-3-5-12(17)6-4-11/h2-8,15,21H,9H2,1H3,(H2,19,20,22). The summed E-state index contributed by atoms with van der Waals surface area (Å²) in [6.45, 7) is 1.80. The van der Waals surface area contributed by atoms with Crippen LogP contribution in [-0.2, 0) is 0 Å². The Balaban J connectivity index is 1.89. The fourth-order valence-corrected chi connectivity index (χ4v) is 2.02. The number of aliphatic hydroxyl groups is 1. The van der Waals surface area contributed by atoms with E-state index in [1.807, 2.05) is 0 Å². The number of anilines is 1. The van der Waals surface area contributed by atoms with E-state index in [9.17, 15) is 14.3 Å². The van der Waals surface area contributed by atoms with Gasteiger partial charge in [0.25, 0.3) is 0 Å². The third-order valence-electron chi connectivity index (χ3n) is 3.08. The summed E-state index contributed by atoms with van der Waals surface area (Å²) in [5.41, 5.74) is 1.56. The molecular formula is C16H16ClFN2O2. The van der Waals surface area contributed by atoms with Crippen LogP contribution in [-0.4, -0.2) is 17.7 Å². The van der Waals surface area contributed by atoms with Crippen LogP contribution in [0.5, 0.6) is 0 Å². The summed E-state index contributed by atoms with van der Waals surface area (Å²) in [4.78, 5) is 11.7. The topological polar surface area (TPSA) is 61.4 Å². The van der Waals surface area contributed by atoms with Crippen molar-refractivity contribution in [1.82, 2.24) is 5.32 Å². The molecule has 0 aliphatic carbocycles. The van der Waals surface area contributed by atoms with Crippen molar-refractivity contribution >= 4 is 23.3 Å². The van der Waals surface area contributed by atoms with Crippen molar-refractivity contribution in [2.75, 3.05) is 11.9 Å². The maximum Gasteiger partial charge on any atom is 0.319 e. The monoisotopic (exact) mass is 322 g/mol. The summed E-state index contributed by atoms with van der Waals surface area (Å²) in [5, 5.41) is 15.4. The molecule has 0 aromatic heterocycles. The lowest BCUT2D eigenvalue weighted by atomic mass is 10.1. The Labute approximate surface area is 132 Å². The summed E-state index contributed by atoms with van der Waals surface area (Å²) < 4.78 is 13.5. The number of benzene rings is 2. The first-order valence-electron chi connectivity index (χ1n) is 6.70. The molecule has 1 atom stereocenters. The minimum atomic E-state index is -0.870. The summed E-state index contributed by atoms with van der Waals surface area (Å²) in [5.74, 6) is -0.515. The Kier molecular flexibility index (Phi) is 5.35. The van der Waals surface area contributed by atoms with Gasteiger partial charge in [-0.3, -0.25) is 0 Å². The highest BCUT2D eigenvalue weighted by Gasteiger charge is 2.11. The smallest absolute Gasteiger partial charge is 0.319 e. The molecule has 22 heavy (non-hydrogen) atoms. The third kappa shape index (κ3) is 4.44. The molecule has 0 aliphatic heterocycles. The van der Waals surface area contributed by atoms with Gasteiger partial charge in [-0.25, -0.2) is 9.18 Å². The minimum absolute atomic E-state index is 0.000893.